The number of unbranched alkanes of at least 4 members (excludes halogenated alkanes) is 4. The van der Waals surface area contributed by atoms with Gasteiger partial charge in [0, 0.05) is 6.42 Å². The summed E-state index contributed by atoms with van der Waals surface area (Å²) in [6, 6.07) is -0.543. The highest BCUT2D eigenvalue weighted by Crippen LogP contribution is 2.06. The van der Waals surface area contributed by atoms with E-state index in [2.05, 4.69) is 12.2 Å². The van der Waals surface area contributed by atoms with Gasteiger partial charge in [-0.15, -0.1) is 0 Å². The van der Waals surface area contributed by atoms with Crippen LogP contribution in [-0.4, -0.2) is 17.9 Å². The second-order valence-corrected chi connectivity index (χ2v) is 4.86. The van der Waals surface area contributed by atoms with Gasteiger partial charge in [-0.05, 0) is 12.3 Å². The van der Waals surface area contributed by atoms with Crippen LogP contribution in [0.4, 0.5) is 0 Å². The number of hydrogen-bond acceptors (Lipinski definition) is 2. The molecule has 4 nitrogen and oxygen atoms in total. The van der Waals surface area contributed by atoms with Crippen molar-refractivity contribution in [2.45, 2.75) is 65.3 Å². The number of primary amides is 1. The summed E-state index contributed by atoms with van der Waals surface area (Å²) >= 11 is 0. The fourth-order valence-corrected chi connectivity index (χ4v) is 1.70. The van der Waals surface area contributed by atoms with Crippen molar-refractivity contribution in [2.75, 3.05) is 0 Å². The maximum atomic E-state index is 11.6. The molecule has 0 aliphatic heterocycles. The fraction of sp³-hybridized carbons (Fsp3) is 0.846. The Hall–Kier alpha value is -1.06. The SMILES string of the molecule is CCCCCCCC(=O)N[C@H](C(N)=O)C(C)C. The molecule has 2 amide bonds. The first-order chi connectivity index (χ1) is 7.99. The van der Waals surface area contributed by atoms with Gasteiger partial charge < -0.3 is 11.1 Å². The fourth-order valence-electron chi connectivity index (χ4n) is 1.70. The molecule has 100 valence electrons. The van der Waals surface area contributed by atoms with Gasteiger partial charge in [-0.25, -0.2) is 0 Å². The molecule has 0 bridgehead atoms. The minimum Gasteiger partial charge on any atom is -0.368 e. The first-order valence-electron chi connectivity index (χ1n) is 6.57. The van der Waals surface area contributed by atoms with Gasteiger partial charge in [0.15, 0.2) is 0 Å². The third kappa shape index (κ3) is 7.77. The number of carbonyl (C=O) groups is 2. The standard InChI is InChI=1S/C13H26N2O2/c1-4-5-6-7-8-9-11(16)15-12(10(2)3)13(14)17/h10,12H,4-9H2,1-3H3,(H2,14,17)(H,15,16)/t12-/m0/s1. The maximum Gasteiger partial charge on any atom is 0.240 e. The zero-order valence-electron chi connectivity index (χ0n) is 11.3. The number of nitrogens with one attached hydrogen (secondary N) is 1. The molecule has 0 heterocycles. The van der Waals surface area contributed by atoms with E-state index in [0.29, 0.717) is 6.42 Å². The molecule has 0 fully saturated rings. The molecule has 0 aromatic heterocycles. The van der Waals surface area contributed by atoms with E-state index < -0.39 is 11.9 Å². The Balaban J connectivity index is 3.80. The molecule has 0 aliphatic carbocycles. The summed E-state index contributed by atoms with van der Waals surface area (Å²) in [4.78, 5) is 22.7. The number of nitrogens with two attached hydrogens (primary N) is 1. The molecule has 0 saturated heterocycles. The average molecular weight is 242 g/mol. The third-order valence-corrected chi connectivity index (χ3v) is 2.80. The molecule has 4 heteroatoms. The van der Waals surface area contributed by atoms with E-state index in [0.717, 1.165) is 12.8 Å². The Morgan fingerprint density at radius 2 is 1.71 bits per heavy atom. The molecule has 0 spiro atoms. The molecule has 3 N–H and O–H groups in total. The summed E-state index contributed by atoms with van der Waals surface area (Å²) in [5.41, 5.74) is 5.23. The Bertz CT molecular complexity index is 240. The zero-order chi connectivity index (χ0) is 13.3. The van der Waals surface area contributed by atoms with E-state index in [1.165, 1.54) is 19.3 Å². The van der Waals surface area contributed by atoms with Gasteiger partial charge in [0.2, 0.25) is 11.8 Å². The number of rotatable bonds is 9. The average Bonchev–Trinajstić information content (AvgIpc) is 2.24. The van der Waals surface area contributed by atoms with Crippen LogP contribution in [0.3, 0.4) is 0 Å². The lowest BCUT2D eigenvalue weighted by atomic mass is 10.0. The lowest BCUT2D eigenvalue weighted by molar-refractivity contribution is -0.128. The summed E-state index contributed by atoms with van der Waals surface area (Å²) in [6.45, 7) is 5.90. The number of amides is 2. The second kappa shape index (κ2) is 9.02. The van der Waals surface area contributed by atoms with Crippen LogP contribution in [0.15, 0.2) is 0 Å². The summed E-state index contributed by atoms with van der Waals surface area (Å²) < 4.78 is 0. The van der Waals surface area contributed by atoms with Crippen LogP contribution in [-0.2, 0) is 9.59 Å². The highest BCUT2D eigenvalue weighted by molar-refractivity contribution is 5.86. The minimum atomic E-state index is -0.543. The van der Waals surface area contributed by atoms with Gasteiger partial charge in [0.1, 0.15) is 6.04 Å². The molecule has 17 heavy (non-hydrogen) atoms. The highest BCUT2D eigenvalue weighted by Gasteiger charge is 2.20. The normalized spacial score (nSPS) is 12.5. The Labute approximate surface area is 104 Å². The second-order valence-electron chi connectivity index (χ2n) is 4.86. The van der Waals surface area contributed by atoms with E-state index in [1.54, 1.807) is 0 Å². The smallest absolute Gasteiger partial charge is 0.240 e. The van der Waals surface area contributed by atoms with Crippen LogP contribution >= 0.6 is 0 Å². The highest BCUT2D eigenvalue weighted by atomic mass is 16.2. The van der Waals surface area contributed by atoms with Crippen LogP contribution in [0.2, 0.25) is 0 Å². The van der Waals surface area contributed by atoms with Crippen molar-refractivity contribution >= 4 is 11.8 Å². The number of carbonyl (C=O) groups excluding carboxylic acids is 2. The monoisotopic (exact) mass is 242 g/mol. The summed E-state index contributed by atoms with van der Waals surface area (Å²) in [6.07, 6.45) is 6.04. The van der Waals surface area contributed by atoms with Crippen LogP contribution in [0, 0.1) is 5.92 Å². The molecular weight excluding hydrogens is 216 g/mol. The van der Waals surface area contributed by atoms with E-state index in [-0.39, 0.29) is 11.8 Å². The molecule has 0 unspecified atom stereocenters. The first-order valence-corrected chi connectivity index (χ1v) is 6.57. The van der Waals surface area contributed by atoms with Gasteiger partial charge in [-0.2, -0.15) is 0 Å². The third-order valence-electron chi connectivity index (χ3n) is 2.80. The zero-order valence-corrected chi connectivity index (χ0v) is 11.3. The molecule has 0 aromatic rings. The molecule has 0 radical (unpaired) electrons. The Morgan fingerprint density at radius 3 is 2.18 bits per heavy atom. The molecule has 0 aliphatic rings. The van der Waals surface area contributed by atoms with E-state index in [1.807, 2.05) is 13.8 Å². The van der Waals surface area contributed by atoms with Gasteiger partial charge in [-0.1, -0.05) is 46.5 Å². The molecule has 0 rings (SSSR count). The van der Waals surface area contributed by atoms with Gasteiger partial charge in [0.05, 0.1) is 0 Å². The Morgan fingerprint density at radius 1 is 1.12 bits per heavy atom. The largest absolute Gasteiger partial charge is 0.368 e. The quantitative estimate of drug-likeness (QED) is 0.607. The molecule has 0 aromatic carbocycles. The van der Waals surface area contributed by atoms with Gasteiger partial charge >= 0.3 is 0 Å². The van der Waals surface area contributed by atoms with Gasteiger partial charge in [0.25, 0.3) is 0 Å². The Kier molecular flexibility index (Phi) is 8.46. The summed E-state index contributed by atoms with van der Waals surface area (Å²) in [7, 11) is 0. The topological polar surface area (TPSA) is 72.2 Å². The molecular formula is C13H26N2O2. The van der Waals surface area contributed by atoms with Crippen LogP contribution in [0.1, 0.15) is 59.3 Å². The molecule has 0 saturated carbocycles. The van der Waals surface area contributed by atoms with Crippen molar-refractivity contribution in [3.05, 3.63) is 0 Å². The van der Waals surface area contributed by atoms with Crippen molar-refractivity contribution in [3.8, 4) is 0 Å². The van der Waals surface area contributed by atoms with Crippen molar-refractivity contribution in [2.24, 2.45) is 11.7 Å². The van der Waals surface area contributed by atoms with Crippen LogP contribution < -0.4 is 11.1 Å². The van der Waals surface area contributed by atoms with Gasteiger partial charge in [-0.3, -0.25) is 9.59 Å². The first kappa shape index (κ1) is 15.9. The van der Waals surface area contributed by atoms with E-state index in [4.69, 9.17) is 5.73 Å². The van der Waals surface area contributed by atoms with Crippen molar-refractivity contribution < 1.29 is 9.59 Å². The minimum absolute atomic E-state index is 0.0385. The number of hydrogen-bond donors (Lipinski definition) is 2. The van der Waals surface area contributed by atoms with E-state index in [9.17, 15) is 9.59 Å². The van der Waals surface area contributed by atoms with E-state index >= 15 is 0 Å². The lowest BCUT2D eigenvalue weighted by Crippen LogP contribution is -2.47. The summed E-state index contributed by atoms with van der Waals surface area (Å²) in [5.74, 6) is -0.491. The van der Waals surface area contributed by atoms with Crippen LogP contribution in [0.5, 0.6) is 0 Å². The van der Waals surface area contributed by atoms with Crippen LogP contribution in [0.25, 0.3) is 0 Å². The van der Waals surface area contributed by atoms with Crippen molar-refractivity contribution in [1.82, 2.24) is 5.32 Å². The predicted molar refractivity (Wildman–Crippen MR) is 69.3 cm³/mol. The summed E-state index contributed by atoms with van der Waals surface area (Å²) in [5, 5.41) is 2.69. The molecule has 1 atom stereocenters. The predicted octanol–water partition coefficient (Wildman–Crippen LogP) is 1.97. The maximum absolute atomic E-state index is 11.6. The van der Waals surface area contributed by atoms with Crippen molar-refractivity contribution in [1.29, 1.82) is 0 Å². The lowest BCUT2D eigenvalue weighted by Gasteiger charge is -2.18. The van der Waals surface area contributed by atoms with Crippen molar-refractivity contribution in [3.63, 3.8) is 0 Å².